The quantitative estimate of drug-likeness (QED) is 0.656. The molecule has 0 aliphatic rings. The van der Waals surface area contributed by atoms with Gasteiger partial charge in [-0.1, -0.05) is 24.3 Å². The number of hydrogen-bond acceptors (Lipinski definition) is 4. The van der Waals surface area contributed by atoms with Gasteiger partial charge in [-0.25, -0.2) is 9.82 Å². The average Bonchev–Trinajstić information content (AvgIpc) is 2.50. The number of anilines is 1. The Morgan fingerprint density at radius 3 is 2.52 bits per heavy atom. The third-order valence-corrected chi connectivity index (χ3v) is 3.41. The summed E-state index contributed by atoms with van der Waals surface area (Å²) >= 11 is 0. The second-order valence-electron chi connectivity index (χ2n) is 4.95. The molecule has 0 heterocycles. The summed E-state index contributed by atoms with van der Waals surface area (Å²) in [5, 5.41) is 0. The highest BCUT2D eigenvalue weighted by molar-refractivity contribution is 5.50. The van der Waals surface area contributed by atoms with Crippen molar-refractivity contribution in [3.63, 3.8) is 0 Å². The van der Waals surface area contributed by atoms with Crippen LogP contribution in [0.5, 0.6) is 5.75 Å². The van der Waals surface area contributed by atoms with Crippen molar-refractivity contribution in [2.24, 2.45) is 5.84 Å². The second kappa shape index (κ2) is 6.56. The van der Waals surface area contributed by atoms with Crippen molar-refractivity contribution in [3.8, 4) is 5.75 Å². The number of hydrazine groups is 1. The van der Waals surface area contributed by atoms with E-state index in [1.165, 1.54) is 7.11 Å². The van der Waals surface area contributed by atoms with Crippen molar-refractivity contribution in [3.05, 3.63) is 59.4 Å². The molecule has 3 N–H and O–H groups in total. The molecule has 0 fully saturated rings. The number of nitrogens with zero attached hydrogens (tertiary/aromatic N) is 1. The Bertz CT molecular complexity index is 616. The van der Waals surface area contributed by atoms with E-state index in [0.29, 0.717) is 5.56 Å². The molecule has 0 aliphatic carbocycles. The predicted molar refractivity (Wildman–Crippen MR) is 82.9 cm³/mol. The topological polar surface area (TPSA) is 50.5 Å². The fraction of sp³-hybridized carbons (Fsp3) is 0.250. The van der Waals surface area contributed by atoms with Crippen LogP contribution in [-0.4, -0.2) is 21.2 Å². The first kappa shape index (κ1) is 15.3. The van der Waals surface area contributed by atoms with E-state index in [4.69, 9.17) is 10.6 Å². The third kappa shape index (κ3) is 3.15. The van der Waals surface area contributed by atoms with E-state index in [-0.39, 0.29) is 5.75 Å². The van der Waals surface area contributed by atoms with E-state index in [1.807, 2.05) is 43.3 Å². The van der Waals surface area contributed by atoms with Gasteiger partial charge in [0.15, 0.2) is 11.6 Å². The van der Waals surface area contributed by atoms with E-state index in [1.54, 1.807) is 18.2 Å². The Labute approximate surface area is 124 Å². The van der Waals surface area contributed by atoms with Crippen molar-refractivity contribution in [1.82, 2.24) is 5.43 Å². The van der Waals surface area contributed by atoms with Crippen molar-refractivity contribution >= 4 is 5.69 Å². The molecule has 1 unspecified atom stereocenters. The fourth-order valence-electron chi connectivity index (χ4n) is 2.26. The predicted octanol–water partition coefficient (Wildman–Crippen LogP) is 2.45. The van der Waals surface area contributed by atoms with Crippen molar-refractivity contribution in [2.75, 3.05) is 26.1 Å². The lowest BCUT2D eigenvalue weighted by atomic mass is 9.98. The van der Waals surface area contributed by atoms with E-state index in [9.17, 15) is 4.39 Å². The molecule has 0 radical (unpaired) electrons. The lowest BCUT2D eigenvalue weighted by molar-refractivity contribution is 0.381. The van der Waals surface area contributed by atoms with Crippen LogP contribution in [-0.2, 0) is 0 Å². The molecule has 112 valence electrons. The number of rotatable bonds is 5. The van der Waals surface area contributed by atoms with E-state index >= 15 is 0 Å². The zero-order valence-corrected chi connectivity index (χ0v) is 12.4. The van der Waals surface area contributed by atoms with Gasteiger partial charge in [0.2, 0.25) is 0 Å². The highest BCUT2D eigenvalue weighted by atomic mass is 19.1. The molecule has 0 aromatic heterocycles. The van der Waals surface area contributed by atoms with Gasteiger partial charge in [0, 0.05) is 25.3 Å². The SMILES string of the molecule is COc1cccc(C(NN)c2cccc(N(C)C)c2)c1F. The van der Waals surface area contributed by atoms with Crippen LogP contribution >= 0.6 is 0 Å². The maximum absolute atomic E-state index is 14.4. The van der Waals surface area contributed by atoms with E-state index < -0.39 is 11.9 Å². The molecule has 1 atom stereocenters. The molecule has 5 heteroatoms. The molecule has 4 nitrogen and oxygen atoms in total. The smallest absolute Gasteiger partial charge is 0.170 e. The minimum Gasteiger partial charge on any atom is -0.494 e. The maximum Gasteiger partial charge on any atom is 0.170 e. The molecule has 0 spiro atoms. The minimum atomic E-state index is -0.444. The summed E-state index contributed by atoms with van der Waals surface area (Å²) in [6.07, 6.45) is 0. The highest BCUT2D eigenvalue weighted by Gasteiger charge is 2.19. The summed E-state index contributed by atoms with van der Waals surface area (Å²) in [7, 11) is 5.35. The van der Waals surface area contributed by atoms with Crippen LogP contribution in [0.4, 0.5) is 10.1 Å². The molecule has 2 aromatic rings. The lowest BCUT2D eigenvalue weighted by Crippen LogP contribution is -2.29. The Hall–Kier alpha value is -2.11. The Morgan fingerprint density at radius 1 is 1.19 bits per heavy atom. The Kier molecular flexibility index (Phi) is 4.77. The third-order valence-electron chi connectivity index (χ3n) is 3.41. The van der Waals surface area contributed by atoms with Crippen molar-refractivity contribution in [2.45, 2.75) is 6.04 Å². The number of nitrogens with one attached hydrogen (secondary N) is 1. The van der Waals surface area contributed by atoms with Crippen LogP contribution in [0.15, 0.2) is 42.5 Å². The first-order valence-electron chi connectivity index (χ1n) is 6.64. The van der Waals surface area contributed by atoms with Gasteiger partial charge in [0.25, 0.3) is 0 Å². The highest BCUT2D eigenvalue weighted by Crippen LogP contribution is 2.30. The zero-order valence-electron chi connectivity index (χ0n) is 12.4. The first-order chi connectivity index (χ1) is 10.1. The monoisotopic (exact) mass is 289 g/mol. The van der Waals surface area contributed by atoms with Gasteiger partial charge in [-0.3, -0.25) is 5.84 Å². The summed E-state index contributed by atoms with van der Waals surface area (Å²) in [5.74, 6) is 5.45. The molecule has 2 aromatic carbocycles. The van der Waals surface area contributed by atoms with Crippen LogP contribution in [0.3, 0.4) is 0 Å². The number of ether oxygens (including phenoxy) is 1. The lowest BCUT2D eigenvalue weighted by Gasteiger charge is -2.21. The first-order valence-corrected chi connectivity index (χ1v) is 6.64. The molecule has 0 amide bonds. The largest absolute Gasteiger partial charge is 0.494 e. The van der Waals surface area contributed by atoms with Crippen molar-refractivity contribution in [1.29, 1.82) is 0 Å². The van der Waals surface area contributed by atoms with Crippen LogP contribution in [0.2, 0.25) is 0 Å². The zero-order chi connectivity index (χ0) is 15.4. The van der Waals surface area contributed by atoms with Gasteiger partial charge >= 0.3 is 0 Å². The molecule has 0 bridgehead atoms. The number of halogens is 1. The van der Waals surface area contributed by atoms with E-state index in [0.717, 1.165) is 11.3 Å². The minimum absolute atomic E-state index is 0.205. The molecule has 21 heavy (non-hydrogen) atoms. The normalized spacial score (nSPS) is 12.0. The molecule has 0 aliphatic heterocycles. The number of methoxy groups -OCH3 is 1. The molecular formula is C16H20FN3O. The number of nitrogens with two attached hydrogens (primary N) is 1. The number of hydrogen-bond donors (Lipinski definition) is 2. The summed E-state index contributed by atoms with van der Waals surface area (Å²) in [4.78, 5) is 1.99. The van der Waals surface area contributed by atoms with Crippen molar-refractivity contribution < 1.29 is 9.13 Å². The van der Waals surface area contributed by atoms with Gasteiger partial charge in [0.05, 0.1) is 13.2 Å². The molecular weight excluding hydrogens is 269 g/mol. The second-order valence-corrected chi connectivity index (χ2v) is 4.95. The van der Waals surface area contributed by atoms with Gasteiger partial charge in [0.1, 0.15) is 0 Å². The van der Waals surface area contributed by atoms with Crippen LogP contribution < -0.4 is 20.9 Å². The van der Waals surface area contributed by atoms with Crippen LogP contribution in [0.1, 0.15) is 17.2 Å². The van der Waals surface area contributed by atoms with Crippen LogP contribution in [0.25, 0.3) is 0 Å². The standard InChI is InChI=1S/C16H20FN3O/c1-20(2)12-7-4-6-11(10-12)16(19-18)13-8-5-9-14(21-3)15(13)17/h4-10,16,19H,18H2,1-3H3. The summed E-state index contributed by atoms with van der Waals surface area (Å²) < 4.78 is 19.5. The van der Waals surface area contributed by atoms with Gasteiger partial charge < -0.3 is 9.64 Å². The number of benzene rings is 2. The fourth-order valence-corrected chi connectivity index (χ4v) is 2.26. The van der Waals surface area contributed by atoms with Gasteiger partial charge in [-0.05, 0) is 23.8 Å². The summed E-state index contributed by atoms with van der Waals surface area (Å²) in [5.41, 5.74) is 5.04. The summed E-state index contributed by atoms with van der Waals surface area (Å²) in [6.45, 7) is 0. The van der Waals surface area contributed by atoms with Gasteiger partial charge in [-0.2, -0.15) is 0 Å². The Balaban J connectivity index is 2.47. The Morgan fingerprint density at radius 2 is 1.90 bits per heavy atom. The maximum atomic E-state index is 14.4. The summed E-state index contributed by atoms with van der Waals surface area (Å²) in [6, 6.07) is 12.4. The average molecular weight is 289 g/mol. The van der Waals surface area contributed by atoms with E-state index in [2.05, 4.69) is 5.43 Å². The molecule has 0 saturated heterocycles. The van der Waals surface area contributed by atoms with Gasteiger partial charge in [-0.15, -0.1) is 0 Å². The molecule has 0 saturated carbocycles. The molecule has 2 rings (SSSR count). The van der Waals surface area contributed by atoms with Crippen LogP contribution in [0, 0.1) is 5.82 Å².